The Labute approximate surface area is 211 Å². The van der Waals surface area contributed by atoms with Crippen LogP contribution in [0.3, 0.4) is 0 Å². The fraction of sp³-hybridized carbons (Fsp3) is 0.333. The van der Waals surface area contributed by atoms with Gasteiger partial charge in [0.15, 0.2) is 0 Å². The van der Waals surface area contributed by atoms with E-state index in [1.807, 2.05) is 6.92 Å². The number of rotatable bonds is 8. The Morgan fingerprint density at radius 2 is 1.09 bits per heavy atom. The first kappa shape index (κ1) is 33.0. The predicted molar refractivity (Wildman–Crippen MR) is 141 cm³/mol. The van der Waals surface area contributed by atoms with Gasteiger partial charge in [-0.15, -0.1) is 0 Å². The average Bonchev–Trinajstić information content (AvgIpc) is 2.82. The molecule has 0 heterocycles. The van der Waals surface area contributed by atoms with Gasteiger partial charge in [-0.05, 0) is 115 Å². The lowest BCUT2D eigenvalue weighted by Crippen LogP contribution is -2.18. The molecule has 0 aromatic rings. The fourth-order valence-corrected chi connectivity index (χ4v) is 2.22. The van der Waals surface area contributed by atoms with Crippen molar-refractivity contribution in [3.63, 3.8) is 0 Å². The van der Waals surface area contributed by atoms with E-state index in [0.717, 1.165) is 0 Å². The second-order valence-electron chi connectivity index (χ2n) is 6.23. The Bertz CT molecular complexity index is 1230. The van der Waals surface area contributed by atoms with E-state index in [1.54, 1.807) is 21.0 Å². The highest BCUT2D eigenvalue weighted by Crippen LogP contribution is 2.40. The monoisotopic (exact) mass is 481 g/mol. The third-order valence-electron chi connectivity index (χ3n) is 3.08. The summed E-state index contributed by atoms with van der Waals surface area (Å²) in [5.41, 5.74) is 0. The number of carbonyl (C=O) groups is 1. The molecular formula is C30H26O4P-. The van der Waals surface area contributed by atoms with Gasteiger partial charge in [0, 0.05) is 25.9 Å². The number of ether oxygens (including phenoxy) is 1. The highest BCUT2D eigenvalue weighted by atomic mass is 31.2. The molecule has 0 aliphatic heterocycles. The highest BCUT2D eigenvalue weighted by molar-refractivity contribution is 7.59. The van der Waals surface area contributed by atoms with Crippen LogP contribution in [0.15, 0.2) is 0 Å². The summed E-state index contributed by atoms with van der Waals surface area (Å²) in [4.78, 5) is 11.2. The van der Waals surface area contributed by atoms with Crippen molar-refractivity contribution in [2.45, 2.75) is 33.6 Å². The lowest BCUT2D eigenvalue weighted by atomic mass is 10.0. The molecule has 0 aromatic heterocycles. The molecule has 0 saturated heterocycles. The van der Waals surface area contributed by atoms with Gasteiger partial charge in [0.2, 0.25) is 0 Å². The van der Waals surface area contributed by atoms with E-state index in [1.165, 1.54) is 6.66 Å². The summed E-state index contributed by atoms with van der Waals surface area (Å²) >= 11 is 0. The Balaban J connectivity index is 0. The molecule has 0 aliphatic rings. The highest BCUT2D eigenvalue weighted by Gasteiger charge is 2.14. The maximum atomic E-state index is 11.2. The molecule has 2 atom stereocenters. The van der Waals surface area contributed by atoms with E-state index in [-0.39, 0.29) is 18.3 Å². The van der Waals surface area contributed by atoms with Crippen LogP contribution >= 0.6 is 7.37 Å². The van der Waals surface area contributed by atoms with E-state index in [0.29, 0.717) is 19.4 Å². The number of carbonyl (C=O) groups excluding carboxylic acids is 1. The van der Waals surface area contributed by atoms with Gasteiger partial charge in [-0.2, -0.15) is 0 Å². The molecule has 176 valence electrons. The van der Waals surface area contributed by atoms with Gasteiger partial charge >= 0.3 is 0 Å². The van der Waals surface area contributed by atoms with Crippen molar-refractivity contribution in [1.29, 1.82) is 0 Å². The summed E-state index contributed by atoms with van der Waals surface area (Å²) in [6.45, 7) is 10.8. The summed E-state index contributed by atoms with van der Waals surface area (Å²) in [6.07, 6.45) is 0.915. The summed E-state index contributed by atoms with van der Waals surface area (Å²) < 4.78 is 21.3. The standard InChI is InChI=1S/C20H6.C10H20O4P/c1-3-5-7-9-11-13-15-17-19-20-18-16-14-12-10-8-6-4-2;1-5-10(11)6-9(7-13-2)8-14-15(3,4)12/h1-2H3;9H,3,5-8H2,1-2,4H3/q;-1/t;9-,15+/m.0/s1. The van der Waals surface area contributed by atoms with Gasteiger partial charge in [-0.3, -0.25) is 11.5 Å². The van der Waals surface area contributed by atoms with Crippen molar-refractivity contribution in [1.82, 2.24) is 0 Å². The van der Waals surface area contributed by atoms with Gasteiger partial charge in [0.05, 0.1) is 20.6 Å². The SMILES string of the molecule is CC#CC#CC#CC#CC#CC#CC#CC#CC#CC.[CH2-][P@@](C)(=O)OC[C@H](COC)CC(=O)CC. The third-order valence-corrected chi connectivity index (χ3v) is 3.78. The molecule has 0 bridgehead atoms. The third kappa shape index (κ3) is 29.9. The molecule has 0 aliphatic carbocycles. The van der Waals surface area contributed by atoms with Crippen molar-refractivity contribution in [3.8, 4) is 107 Å². The van der Waals surface area contributed by atoms with Crippen LogP contribution in [0.5, 0.6) is 0 Å². The Kier molecular flexibility index (Phi) is 23.1. The maximum Gasteiger partial charge on any atom is 0.133 e. The maximum absolute atomic E-state index is 11.2. The number of hydrogen-bond donors (Lipinski definition) is 0. The first-order valence-electron chi connectivity index (χ1n) is 10.2. The lowest BCUT2D eigenvalue weighted by Gasteiger charge is -2.20. The minimum Gasteiger partial charge on any atom is -0.384 e. The van der Waals surface area contributed by atoms with Crippen molar-refractivity contribution >= 4 is 13.2 Å². The molecule has 4 nitrogen and oxygen atoms in total. The Hall–Kier alpha value is -4.14. The van der Waals surface area contributed by atoms with Gasteiger partial charge in [0.1, 0.15) is 5.78 Å². The number of methoxy groups -OCH3 is 1. The van der Waals surface area contributed by atoms with Gasteiger partial charge in [0.25, 0.3) is 0 Å². The van der Waals surface area contributed by atoms with Gasteiger partial charge in [-0.25, -0.2) is 0 Å². The first-order valence-corrected chi connectivity index (χ1v) is 12.5. The smallest absolute Gasteiger partial charge is 0.133 e. The second kappa shape index (κ2) is 24.5. The largest absolute Gasteiger partial charge is 0.384 e. The zero-order chi connectivity index (χ0) is 26.6. The number of Topliss-reactive ketones (excluding diaryl/α,β-unsaturated/α-hetero) is 1. The molecule has 0 aromatic carbocycles. The molecule has 5 heteroatoms. The molecule has 0 fully saturated rings. The molecule has 0 rings (SSSR count). The number of hydrogen-bond acceptors (Lipinski definition) is 4. The Morgan fingerprint density at radius 3 is 1.34 bits per heavy atom. The average molecular weight is 482 g/mol. The first-order chi connectivity index (χ1) is 16.8. The van der Waals surface area contributed by atoms with Crippen LogP contribution in [-0.2, 0) is 18.6 Å². The molecule has 0 saturated carbocycles. The molecule has 0 amide bonds. The predicted octanol–water partition coefficient (Wildman–Crippen LogP) is 3.39. The molecule has 35 heavy (non-hydrogen) atoms. The molecule has 0 N–H and O–H groups in total. The summed E-state index contributed by atoms with van der Waals surface area (Å²) in [5.74, 6) is 45.7. The van der Waals surface area contributed by atoms with E-state index in [2.05, 4.69) is 113 Å². The van der Waals surface area contributed by atoms with Crippen LogP contribution in [0.4, 0.5) is 0 Å². The van der Waals surface area contributed by atoms with E-state index >= 15 is 0 Å². The fourth-order valence-electron chi connectivity index (χ4n) is 1.69. The lowest BCUT2D eigenvalue weighted by molar-refractivity contribution is -0.120. The minimum absolute atomic E-state index is 0.0301. The van der Waals surface area contributed by atoms with E-state index in [4.69, 9.17) is 9.26 Å². The summed E-state index contributed by atoms with van der Waals surface area (Å²) in [6, 6.07) is 0. The Morgan fingerprint density at radius 1 is 0.743 bits per heavy atom. The van der Waals surface area contributed by atoms with Crippen LogP contribution in [0.1, 0.15) is 33.6 Å². The zero-order valence-corrected chi connectivity index (χ0v) is 21.6. The van der Waals surface area contributed by atoms with Gasteiger partial charge < -0.3 is 13.8 Å². The van der Waals surface area contributed by atoms with E-state index < -0.39 is 7.37 Å². The van der Waals surface area contributed by atoms with Crippen molar-refractivity contribution in [3.05, 3.63) is 6.66 Å². The zero-order valence-electron chi connectivity index (χ0n) is 20.7. The topological polar surface area (TPSA) is 52.6 Å². The van der Waals surface area contributed by atoms with Crippen LogP contribution < -0.4 is 0 Å². The molecule has 0 unspecified atom stereocenters. The molecule has 0 radical (unpaired) electrons. The molecule has 0 spiro atoms. The van der Waals surface area contributed by atoms with Crippen LogP contribution in [-0.4, -0.2) is 32.8 Å². The van der Waals surface area contributed by atoms with Crippen molar-refractivity contribution < 1.29 is 18.6 Å². The van der Waals surface area contributed by atoms with Crippen LogP contribution in [0.25, 0.3) is 0 Å². The quantitative estimate of drug-likeness (QED) is 0.303. The van der Waals surface area contributed by atoms with Crippen LogP contribution in [0, 0.1) is 119 Å². The summed E-state index contributed by atoms with van der Waals surface area (Å²) in [5, 5.41) is 0. The van der Waals surface area contributed by atoms with Crippen molar-refractivity contribution in [2.24, 2.45) is 5.92 Å². The molecular weight excluding hydrogens is 455 g/mol. The van der Waals surface area contributed by atoms with E-state index in [9.17, 15) is 9.36 Å². The summed E-state index contributed by atoms with van der Waals surface area (Å²) in [7, 11) is -1.14. The van der Waals surface area contributed by atoms with Gasteiger partial charge in [-0.1, -0.05) is 18.8 Å². The second-order valence-corrected chi connectivity index (χ2v) is 8.51. The minimum atomic E-state index is -2.71. The van der Waals surface area contributed by atoms with Crippen LogP contribution in [0.2, 0.25) is 0 Å². The normalized spacial score (nSPS) is 9.54. The van der Waals surface area contributed by atoms with Crippen molar-refractivity contribution in [2.75, 3.05) is 27.0 Å². The number of ketones is 1.